The van der Waals surface area contributed by atoms with Crippen molar-refractivity contribution in [2.45, 2.75) is 31.8 Å². The summed E-state index contributed by atoms with van der Waals surface area (Å²) in [6, 6.07) is 5.86. The van der Waals surface area contributed by atoms with Crippen molar-refractivity contribution in [1.29, 1.82) is 0 Å². The Balaban J connectivity index is 2.05. The van der Waals surface area contributed by atoms with Gasteiger partial charge in [-0.1, -0.05) is 0 Å². The van der Waals surface area contributed by atoms with Crippen molar-refractivity contribution in [3.63, 3.8) is 0 Å². The summed E-state index contributed by atoms with van der Waals surface area (Å²) in [7, 11) is 3.37. The number of methoxy groups -OCH3 is 2. The van der Waals surface area contributed by atoms with Gasteiger partial charge < -0.3 is 19.5 Å². The molecular weight excluding hydrogens is 242 g/mol. The van der Waals surface area contributed by atoms with Crippen LogP contribution in [-0.2, 0) is 11.3 Å². The zero-order valence-corrected chi connectivity index (χ0v) is 12.0. The van der Waals surface area contributed by atoms with Crippen LogP contribution in [0.3, 0.4) is 0 Å². The minimum Gasteiger partial charge on any atom is -0.497 e. The van der Waals surface area contributed by atoms with Crippen molar-refractivity contribution in [2.75, 3.05) is 27.4 Å². The Kier molecular flexibility index (Phi) is 4.66. The van der Waals surface area contributed by atoms with Gasteiger partial charge in [0.05, 0.1) is 20.8 Å². The molecule has 1 saturated heterocycles. The van der Waals surface area contributed by atoms with Gasteiger partial charge >= 0.3 is 0 Å². The third-order valence-electron chi connectivity index (χ3n) is 3.63. The first-order valence-electron chi connectivity index (χ1n) is 6.70. The fourth-order valence-electron chi connectivity index (χ4n) is 2.40. The molecule has 0 amide bonds. The van der Waals surface area contributed by atoms with E-state index in [1.165, 1.54) is 0 Å². The van der Waals surface area contributed by atoms with Crippen LogP contribution in [0.4, 0.5) is 0 Å². The lowest BCUT2D eigenvalue weighted by molar-refractivity contribution is 0.0277. The molecular formula is C15H23NO3. The molecule has 1 atom stereocenters. The van der Waals surface area contributed by atoms with E-state index in [1.54, 1.807) is 14.2 Å². The van der Waals surface area contributed by atoms with E-state index in [4.69, 9.17) is 14.2 Å². The summed E-state index contributed by atoms with van der Waals surface area (Å²) in [6.45, 7) is 4.60. The van der Waals surface area contributed by atoms with Gasteiger partial charge in [0.15, 0.2) is 0 Å². The summed E-state index contributed by atoms with van der Waals surface area (Å²) in [5.74, 6) is 1.73. The highest BCUT2D eigenvalue weighted by molar-refractivity contribution is 5.40. The van der Waals surface area contributed by atoms with E-state index in [0.29, 0.717) is 0 Å². The van der Waals surface area contributed by atoms with Crippen LogP contribution in [0.5, 0.6) is 11.5 Å². The smallest absolute Gasteiger partial charge is 0.123 e. The highest BCUT2D eigenvalue weighted by Gasteiger charge is 2.27. The van der Waals surface area contributed by atoms with E-state index in [2.05, 4.69) is 12.2 Å². The van der Waals surface area contributed by atoms with E-state index in [0.717, 1.165) is 49.7 Å². The molecule has 1 fully saturated rings. The van der Waals surface area contributed by atoms with Crippen LogP contribution in [0, 0.1) is 0 Å². The molecule has 106 valence electrons. The van der Waals surface area contributed by atoms with E-state index < -0.39 is 0 Å². The van der Waals surface area contributed by atoms with Gasteiger partial charge in [-0.25, -0.2) is 0 Å². The summed E-state index contributed by atoms with van der Waals surface area (Å²) >= 11 is 0. The zero-order chi connectivity index (χ0) is 13.7. The Morgan fingerprint density at radius 2 is 2.16 bits per heavy atom. The van der Waals surface area contributed by atoms with Gasteiger partial charge in [0.25, 0.3) is 0 Å². The SMILES string of the molecule is COc1ccc(OC)c(CNC2(C)CCCOC2)c1. The predicted octanol–water partition coefficient (Wildman–Crippen LogP) is 2.36. The average molecular weight is 265 g/mol. The van der Waals surface area contributed by atoms with Crippen molar-refractivity contribution in [3.05, 3.63) is 23.8 Å². The molecule has 4 nitrogen and oxygen atoms in total. The Morgan fingerprint density at radius 3 is 2.79 bits per heavy atom. The van der Waals surface area contributed by atoms with Crippen LogP contribution < -0.4 is 14.8 Å². The largest absolute Gasteiger partial charge is 0.497 e. The van der Waals surface area contributed by atoms with E-state index in [9.17, 15) is 0 Å². The number of hydrogen-bond acceptors (Lipinski definition) is 4. The van der Waals surface area contributed by atoms with Gasteiger partial charge in [-0.05, 0) is 38.0 Å². The first kappa shape index (κ1) is 14.2. The molecule has 0 aliphatic carbocycles. The van der Waals surface area contributed by atoms with Gasteiger partial charge in [0, 0.05) is 24.3 Å². The quantitative estimate of drug-likeness (QED) is 0.887. The third-order valence-corrected chi connectivity index (χ3v) is 3.63. The minimum absolute atomic E-state index is 0.0480. The molecule has 1 aliphatic rings. The maximum atomic E-state index is 5.56. The first-order valence-corrected chi connectivity index (χ1v) is 6.70. The van der Waals surface area contributed by atoms with Crippen molar-refractivity contribution >= 4 is 0 Å². The lowest BCUT2D eigenvalue weighted by Gasteiger charge is -2.34. The Hall–Kier alpha value is -1.26. The van der Waals surface area contributed by atoms with Gasteiger partial charge in [0.1, 0.15) is 11.5 Å². The second-order valence-corrected chi connectivity index (χ2v) is 5.25. The van der Waals surface area contributed by atoms with E-state index in [1.807, 2.05) is 18.2 Å². The molecule has 0 spiro atoms. The third kappa shape index (κ3) is 3.61. The monoisotopic (exact) mass is 265 g/mol. The van der Waals surface area contributed by atoms with Gasteiger partial charge in [0.2, 0.25) is 0 Å². The van der Waals surface area contributed by atoms with Gasteiger partial charge in [-0.3, -0.25) is 0 Å². The van der Waals surface area contributed by atoms with Crippen molar-refractivity contribution in [2.24, 2.45) is 0 Å². The standard InChI is InChI=1S/C15H23NO3/c1-15(7-4-8-19-11-15)16-10-12-9-13(17-2)5-6-14(12)18-3/h5-6,9,16H,4,7-8,10-11H2,1-3H3. The van der Waals surface area contributed by atoms with E-state index in [-0.39, 0.29) is 5.54 Å². The molecule has 19 heavy (non-hydrogen) atoms. The number of nitrogens with one attached hydrogen (secondary N) is 1. The Morgan fingerprint density at radius 1 is 1.32 bits per heavy atom. The summed E-state index contributed by atoms with van der Waals surface area (Å²) in [5.41, 5.74) is 1.15. The zero-order valence-electron chi connectivity index (χ0n) is 12.0. The molecule has 0 radical (unpaired) electrons. The maximum absolute atomic E-state index is 5.56. The average Bonchev–Trinajstić information content (AvgIpc) is 2.45. The second kappa shape index (κ2) is 6.26. The Bertz CT molecular complexity index is 414. The van der Waals surface area contributed by atoms with Crippen LogP contribution in [0.15, 0.2) is 18.2 Å². The minimum atomic E-state index is 0.0480. The molecule has 2 rings (SSSR count). The summed E-state index contributed by atoms with van der Waals surface area (Å²) < 4.78 is 16.2. The number of benzene rings is 1. The first-order chi connectivity index (χ1) is 9.17. The molecule has 0 saturated carbocycles. The molecule has 0 bridgehead atoms. The molecule has 1 unspecified atom stereocenters. The van der Waals surface area contributed by atoms with E-state index >= 15 is 0 Å². The summed E-state index contributed by atoms with van der Waals surface area (Å²) in [5, 5.41) is 3.58. The normalized spacial score (nSPS) is 23.1. The van der Waals surface area contributed by atoms with Crippen LogP contribution in [0.25, 0.3) is 0 Å². The van der Waals surface area contributed by atoms with Crippen molar-refractivity contribution in [1.82, 2.24) is 5.32 Å². The fourth-order valence-corrected chi connectivity index (χ4v) is 2.40. The van der Waals surface area contributed by atoms with Crippen molar-refractivity contribution in [3.8, 4) is 11.5 Å². The lowest BCUT2D eigenvalue weighted by atomic mass is 9.94. The molecule has 1 aromatic carbocycles. The summed E-state index contributed by atoms with van der Waals surface area (Å²) in [6.07, 6.45) is 2.25. The molecule has 0 aromatic heterocycles. The predicted molar refractivity (Wildman–Crippen MR) is 74.8 cm³/mol. The van der Waals surface area contributed by atoms with Crippen LogP contribution >= 0.6 is 0 Å². The van der Waals surface area contributed by atoms with Gasteiger partial charge in [-0.2, -0.15) is 0 Å². The van der Waals surface area contributed by atoms with Crippen LogP contribution in [0.1, 0.15) is 25.3 Å². The Labute approximate surface area is 115 Å². The van der Waals surface area contributed by atoms with Crippen molar-refractivity contribution < 1.29 is 14.2 Å². The number of hydrogen-bond donors (Lipinski definition) is 1. The van der Waals surface area contributed by atoms with Crippen LogP contribution in [-0.4, -0.2) is 33.0 Å². The molecule has 4 heteroatoms. The topological polar surface area (TPSA) is 39.7 Å². The highest BCUT2D eigenvalue weighted by Crippen LogP contribution is 2.25. The summed E-state index contributed by atoms with van der Waals surface area (Å²) in [4.78, 5) is 0. The van der Waals surface area contributed by atoms with Gasteiger partial charge in [-0.15, -0.1) is 0 Å². The number of rotatable bonds is 5. The van der Waals surface area contributed by atoms with Crippen LogP contribution in [0.2, 0.25) is 0 Å². The maximum Gasteiger partial charge on any atom is 0.123 e. The molecule has 1 N–H and O–H groups in total. The second-order valence-electron chi connectivity index (χ2n) is 5.25. The lowest BCUT2D eigenvalue weighted by Crippen LogP contribution is -2.48. The number of ether oxygens (including phenoxy) is 3. The molecule has 1 aromatic rings. The molecule has 1 heterocycles. The fraction of sp³-hybridized carbons (Fsp3) is 0.600. The highest BCUT2D eigenvalue weighted by atomic mass is 16.5. The molecule has 1 aliphatic heterocycles.